The van der Waals surface area contributed by atoms with E-state index in [1.165, 1.54) is 36.5 Å². The summed E-state index contributed by atoms with van der Waals surface area (Å²) in [5.74, 6) is 0.329. The van der Waals surface area contributed by atoms with E-state index in [1.807, 2.05) is 0 Å². The maximum absolute atomic E-state index is 14.2. The summed E-state index contributed by atoms with van der Waals surface area (Å²) in [6.07, 6.45) is 1.28. The molecule has 6 rings (SSSR count). The Labute approximate surface area is 254 Å². The fourth-order valence-electron chi connectivity index (χ4n) is 4.83. The van der Waals surface area contributed by atoms with Crippen LogP contribution in [0.2, 0.25) is 0 Å². The number of benzene rings is 4. The lowest BCUT2D eigenvalue weighted by Gasteiger charge is -2.13. The van der Waals surface area contributed by atoms with Crippen molar-refractivity contribution in [1.29, 1.82) is 0 Å². The van der Waals surface area contributed by atoms with Gasteiger partial charge in [-0.3, -0.25) is 14.9 Å². The Morgan fingerprint density at radius 3 is 2.58 bits per heavy atom. The van der Waals surface area contributed by atoms with Gasteiger partial charge in [0.2, 0.25) is 11.6 Å². The smallest absolute Gasteiger partial charge is 0.315 e. The van der Waals surface area contributed by atoms with Gasteiger partial charge in [0.05, 0.1) is 41.1 Å². The van der Waals surface area contributed by atoms with E-state index in [0.29, 0.717) is 27.6 Å². The van der Waals surface area contributed by atoms with E-state index in [4.69, 9.17) is 18.6 Å². The minimum absolute atomic E-state index is 0.0538. The number of hydrogen-bond donors (Lipinski definition) is 0. The molecule has 0 bridgehead atoms. The van der Waals surface area contributed by atoms with Crippen LogP contribution in [0.5, 0.6) is 17.2 Å². The van der Waals surface area contributed by atoms with Gasteiger partial charge in [-0.15, -0.1) is 0 Å². The van der Waals surface area contributed by atoms with E-state index < -0.39 is 22.0 Å². The van der Waals surface area contributed by atoms with Crippen LogP contribution < -0.4 is 19.8 Å². The van der Waals surface area contributed by atoms with Crippen LogP contribution in [0.4, 0.5) is 10.1 Å². The summed E-state index contributed by atoms with van der Waals surface area (Å²) in [5.41, 5.74) is 0.502. The zero-order chi connectivity index (χ0) is 31.5. The van der Waals surface area contributed by atoms with Gasteiger partial charge in [-0.25, -0.2) is 9.37 Å². The molecule has 2 aromatic heterocycles. The maximum atomic E-state index is 14.2. The molecule has 0 saturated carbocycles. The molecule has 0 aliphatic carbocycles. The highest BCUT2D eigenvalue weighted by Gasteiger charge is 2.24. The maximum Gasteiger partial charge on any atom is 0.315 e. The molecular formula is C33H25FN4O7. The highest BCUT2D eigenvalue weighted by atomic mass is 19.1. The Morgan fingerprint density at radius 2 is 1.80 bits per heavy atom. The Balaban J connectivity index is 1.46. The van der Waals surface area contributed by atoms with Crippen molar-refractivity contribution >= 4 is 33.8 Å². The number of nitro groups is 1. The van der Waals surface area contributed by atoms with Gasteiger partial charge in [-0.1, -0.05) is 36.4 Å². The molecule has 0 atom stereocenters. The monoisotopic (exact) mass is 608 g/mol. The molecule has 0 saturated heterocycles. The third kappa shape index (κ3) is 5.68. The minimum atomic E-state index is -0.631. The second-order valence-corrected chi connectivity index (χ2v) is 9.73. The van der Waals surface area contributed by atoms with Crippen LogP contribution in [0.3, 0.4) is 0 Å². The molecule has 0 unspecified atom stereocenters. The molecular weight excluding hydrogens is 583 g/mol. The molecule has 0 N–H and O–H groups in total. The third-order valence-electron chi connectivity index (χ3n) is 6.92. The summed E-state index contributed by atoms with van der Waals surface area (Å²) < 4.78 is 38.2. The number of aromatic nitrogens is 2. The second-order valence-electron chi connectivity index (χ2n) is 9.73. The van der Waals surface area contributed by atoms with Gasteiger partial charge < -0.3 is 18.6 Å². The molecule has 0 aliphatic rings. The fourth-order valence-corrected chi connectivity index (χ4v) is 4.83. The summed E-state index contributed by atoms with van der Waals surface area (Å²) >= 11 is 0. The van der Waals surface area contributed by atoms with Gasteiger partial charge in [0.15, 0.2) is 11.5 Å². The number of nitrogens with zero attached hydrogens (tertiary/aromatic N) is 4. The van der Waals surface area contributed by atoms with Crippen LogP contribution in [-0.4, -0.2) is 34.5 Å². The van der Waals surface area contributed by atoms with E-state index in [-0.39, 0.29) is 47.4 Å². The first-order valence-corrected chi connectivity index (χ1v) is 13.8. The Morgan fingerprint density at radius 1 is 1.00 bits per heavy atom. The third-order valence-corrected chi connectivity index (χ3v) is 6.92. The zero-order valence-corrected chi connectivity index (χ0v) is 24.1. The topological polar surface area (TPSA) is 131 Å². The first kappa shape index (κ1) is 29.1. The molecule has 4 aromatic carbocycles. The van der Waals surface area contributed by atoms with E-state index in [1.54, 1.807) is 68.6 Å². The van der Waals surface area contributed by atoms with Gasteiger partial charge in [-0.05, 0) is 49.4 Å². The number of furan rings is 1. The number of para-hydroxylation sites is 1. The molecule has 226 valence electrons. The van der Waals surface area contributed by atoms with Gasteiger partial charge in [0, 0.05) is 17.2 Å². The van der Waals surface area contributed by atoms with Crippen LogP contribution in [-0.2, 0) is 6.61 Å². The van der Waals surface area contributed by atoms with E-state index in [9.17, 15) is 19.3 Å². The lowest BCUT2D eigenvalue weighted by atomic mass is 10.1. The first-order valence-electron chi connectivity index (χ1n) is 13.8. The molecule has 6 aromatic rings. The van der Waals surface area contributed by atoms with Crippen molar-refractivity contribution in [3.8, 4) is 28.8 Å². The highest BCUT2D eigenvalue weighted by molar-refractivity contribution is 5.89. The zero-order valence-electron chi connectivity index (χ0n) is 24.1. The SMILES string of the molecule is CCOc1cc(C=Nn2c(-c3cc4c(OC)cccc4o3)nc3ccccc3c2=O)cc([N+](=O)[O-])c1OCc1ccccc1F. The number of ether oxygens (including phenoxy) is 3. The summed E-state index contributed by atoms with van der Waals surface area (Å²) in [7, 11) is 1.54. The largest absolute Gasteiger partial charge is 0.496 e. The summed E-state index contributed by atoms with van der Waals surface area (Å²) in [6.45, 7) is 1.62. The molecule has 2 heterocycles. The normalized spacial score (nSPS) is 11.4. The number of hydrogen-bond acceptors (Lipinski definition) is 9. The quantitative estimate of drug-likeness (QED) is 0.0951. The van der Waals surface area contributed by atoms with Gasteiger partial charge in [-0.2, -0.15) is 9.78 Å². The van der Waals surface area contributed by atoms with Crippen LogP contribution in [0.1, 0.15) is 18.1 Å². The molecule has 0 amide bonds. The van der Waals surface area contributed by atoms with Crippen molar-refractivity contribution < 1.29 is 27.9 Å². The van der Waals surface area contributed by atoms with Crippen LogP contribution >= 0.6 is 0 Å². The Kier molecular flexibility index (Phi) is 7.93. The average molecular weight is 609 g/mol. The number of halogens is 1. The van der Waals surface area contributed by atoms with Gasteiger partial charge in [0.25, 0.3) is 5.56 Å². The number of rotatable bonds is 10. The van der Waals surface area contributed by atoms with E-state index in [2.05, 4.69) is 10.1 Å². The Hall–Kier alpha value is -6.04. The summed E-state index contributed by atoms with van der Waals surface area (Å²) in [5, 5.41) is 17.5. The molecule has 0 radical (unpaired) electrons. The van der Waals surface area contributed by atoms with Crippen molar-refractivity contribution in [2.24, 2.45) is 5.10 Å². The van der Waals surface area contributed by atoms with Gasteiger partial charge in [0.1, 0.15) is 23.8 Å². The average Bonchev–Trinajstić information content (AvgIpc) is 3.49. The molecule has 12 heteroatoms. The molecule has 0 aliphatic heterocycles. The lowest BCUT2D eigenvalue weighted by molar-refractivity contribution is -0.386. The number of fused-ring (bicyclic) bond motifs is 2. The number of methoxy groups -OCH3 is 1. The lowest BCUT2D eigenvalue weighted by Crippen LogP contribution is -2.20. The van der Waals surface area contributed by atoms with Crippen LogP contribution in [0.15, 0.2) is 99.2 Å². The van der Waals surface area contributed by atoms with Crippen molar-refractivity contribution in [3.05, 3.63) is 122 Å². The predicted octanol–water partition coefficient (Wildman–Crippen LogP) is 6.73. The predicted molar refractivity (Wildman–Crippen MR) is 166 cm³/mol. The van der Waals surface area contributed by atoms with Crippen LogP contribution in [0.25, 0.3) is 33.5 Å². The fraction of sp³-hybridized carbons (Fsp3) is 0.121. The number of nitro benzene ring substituents is 1. The van der Waals surface area contributed by atoms with Gasteiger partial charge >= 0.3 is 5.69 Å². The van der Waals surface area contributed by atoms with E-state index >= 15 is 0 Å². The van der Waals surface area contributed by atoms with Crippen molar-refractivity contribution in [3.63, 3.8) is 0 Å². The molecule has 45 heavy (non-hydrogen) atoms. The molecule has 0 spiro atoms. The second kappa shape index (κ2) is 12.3. The van der Waals surface area contributed by atoms with Crippen molar-refractivity contribution in [2.45, 2.75) is 13.5 Å². The molecule has 0 fully saturated rings. The first-order chi connectivity index (χ1) is 21.9. The Bertz CT molecular complexity index is 2160. The standard InChI is InChI=1S/C33H25FN4O7/c1-3-43-29-16-20(15-26(38(40)41)31(29)44-19-21-9-4-6-11-24(21)34)18-35-37-32(36-25-12-7-5-10-22(25)33(37)39)30-17-23-27(42-2)13-8-14-28(23)45-30/h4-18H,3,19H2,1-2H3. The highest BCUT2D eigenvalue weighted by Crippen LogP contribution is 2.39. The van der Waals surface area contributed by atoms with E-state index in [0.717, 1.165) is 4.68 Å². The van der Waals surface area contributed by atoms with Crippen molar-refractivity contribution in [2.75, 3.05) is 13.7 Å². The molecule has 11 nitrogen and oxygen atoms in total. The summed E-state index contributed by atoms with van der Waals surface area (Å²) in [4.78, 5) is 29.8. The van der Waals surface area contributed by atoms with Crippen molar-refractivity contribution in [1.82, 2.24) is 9.66 Å². The summed E-state index contributed by atoms with van der Waals surface area (Å²) in [6, 6.07) is 22.5. The minimum Gasteiger partial charge on any atom is -0.496 e. The van der Waals surface area contributed by atoms with Crippen LogP contribution in [0, 0.1) is 15.9 Å².